The molecule has 1 heterocycles. The fourth-order valence-electron chi connectivity index (χ4n) is 1.44. The second-order valence-corrected chi connectivity index (χ2v) is 4.67. The van der Waals surface area contributed by atoms with Gasteiger partial charge in [0, 0.05) is 18.7 Å². The maximum Gasteiger partial charge on any atom is 0.131 e. The minimum atomic E-state index is 0.381. The molecule has 0 amide bonds. The first-order chi connectivity index (χ1) is 8.08. The van der Waals surface area contributed by atoms with Crippen LogP contribution in [0.1, 0.15) is 20.3 Å². The summed E-state index contributed by atoms with van der Waals surface area (Å²) in [5.74, 6) is 1.74. The SMILES string of the molecule is CC(C)Nc1cc(NCCCN(C)C)ncn1. The van der Waals surface area contributed by atoms with Gasteiger partial charge in [0.05, 0.1) is 0 Å². The van der Waals surface area contributed by atoms with Crippen molar-refractivity contribution in [3.63, 3.8) is 0 Å². The van der Waals surface area contributed by atoms with Gasteiger partial charge in [-0.2, -0.15) is 0 Å². The van der Waals surface area contributed by atoms with E-state index in [-0.39, 0.29) is 0 Å². The number of hydrogen-bond donors (Lipinski definition) is 2. The third-order valence-corrected chi connectivity index (χ3v) is 2.19. The van der Waals surface area contributed by atoms with Crippen LogP contribution in [0.4, 0.5) is 11.6 Å². The average Bonchev–Trinajstić information content (AvgIpc) is 2.24. The molecule has 0 radical (unpaired) electrons. The van der Waals surface area contributed by atoms with Crippen LogP contribution in [0.25, 0.3) is 0 Å². The van der Waals surface area contributed by atoms with Crippen LogP contribution in [0.5, 0.6) is 0 Å². The normalized spacial score (nSPS) is 10.9. The lowest BCUT2D eigenvalue weighted by atomic mass is 10.3. The molecule has 0 unspecified atom stereocenters. The lowest BCUT2D eigenvalue weighted by molar-refractivity contribution is 0.405. The molecule has 0 atom stereocenters. The van der Waals surface area contributed by atoms with Crippen molar-refractivity contribution in [2.45, 2.75) is 26.3 Å². The molecule has 17 heavy (non-hydrogen) atoms. The molecular weight excluding hydrogens is 214 g/mol. The summed E-state index contributed by atoms with van der Waals surface area (Å²) < 4.78 is 0. The van der Waals surface area contributed by atoms with Crippen molar-refractivity contribution in [3.8, 4) is 0 Å². The molecule has 0 fully saturated rings. The maximum atomic E-state index is 4.19. The first kappa shape index (κ1) is 13.7. The van der Waals surface area contributed by atoms with Gasteiger partial charge in [0.15, 0.2) is 0 Å². The van der Waals surface area contributed by atoms with Gasteiger partial charge in [0.1, 0.15) is 18.0 Å². The monoisotopic (exact) mass is 237 g/mol. The second kappa shape index (κ2) is 7.06. The molecule has 5 heteroatoms. The minimum Gasteiger partial charge on any atom is -0.370 e. The van der Waals surface area contributed by atoms with E-state index in [0.717, 1.165) is 31.1 Å². The molecule has 0 aromatic carbocycles. The van der Waals surface area contributed by atoms with E-state index in [0.29, 0.717) is 6.04 Å². The predicted octanol–water partition coefficient (Wildman–Crippen LogP) is 1.66. The maximum absolute atomic E-state index is 4.19. The number of nitrogens with one attached hydrogen (secondary N) is 2. The summed E-state index contributed by atoms with van der Waals surface area (Å²) in [4.78, 5) is 10.5. The van der Waals surface area contributed by atoms with E-state index in [2.05, 4.69) is 53.4 Å². The smallest absolute Gasteiger partial charge is 0.131 e. The number of anilines is 2. The highest BCUT2D eigenvalue weighted by Gasteiger charge is 1.99. The van der Waals surface area contributed by atoms with Crippen molar-refractivity contribution in [2.75, 3.05) is 37.8 Å². The topological polar surface area (TPSA) is 53.1 Å². The quantitative estimate of drug-likeness (QED) is 0.706. The molecule has 1 aromatic heterocycles. The summed E-state index contributed by atoms with van der Waals surface area (Å²) in [5.41, 5.74) is 0. The zero-order valence-electron chi connectivity index (χ0n) is 11.2. The number of aromatic nitrogens is 2. The molecule has 0 aliphatic heterocycles. The van der Waals surface area contributed by atoms with E-state index in [1.165, 1.54) is 0 Å². The van der Waals surface area contributed by atoms with Crippen molar-refractivity contribution in [2.24, 2.45) is 0 Å². The van der Waals surface area contributed by atoms with E-state index in [1.54, 1.807) is 6.33 Å². The summed E-state index contributed by atoms with van der Waals surface area (Å²) in [7, 11) is 4.16. The van der Waals surface area contributed by atoms with Crippen LogP contribution in [0.3, 0.4) is 0 Å². The Morgan fingerprint density at radius 1 is 1.24 bits per heavy atom. The predicted molar refractivity (Wildman–Crippen MR) is 72.5 cm³/mol. The zero-order valence-corrected chi connectivity index (χ0v) is 11.2. The van der Waals surface area contributed by atoms with Gasteiger partial charge in [0.25, 0.3) is 0 Å². The van der Waals surface area contributed by atoms with Gasteiger partial charge < -0.3 is 15.5 Å². The van der Waals surface area contributed by atoms with E-state index in [4.69, 9.17) is 0 Å². The molecule has 0 saturated carbocycles. The van der Waals surface area contributed by atoms with Crippen LogP contribution in [0.2, 0.25) is 0 Å². The van der Waals surface area contributed by atoms with Crippen molar-refractivity contribution >= 4 is 11.6 Å². The van der Waals surface area contributed by atoms with Crippen molar-refractivity contribution in [1.29, 1.82) is 0 Å². The van der Waals surface area contributed by atoms with Crippen LogP contribution >= 0.6 is 0 Å². The first-order valence-corrected chi connectivity index (χ1v) is 6.05. The second-order valence-electron chi connectivity index (χ2n) is 4.67. The van der Waals surface area contributed by atoms with Gasteiger partial charge in [0.2, 0.25) is 0 Å². The molecule has 2 N–H and O–H groups in total. The Morgan fingerprint density at radius 2 is 1.94 bits per heavy atom. The molecule has 0 saturated heterocycles. The molecular formula is C12H23N5. The van der Waals surface area contributed by atoms with Gasteiger partial charge in [-0.05, 0) is 40.9 Å². The minimum absolute atomic E-state index is 0.381. The van der Waals surface area contributed by atoms with Gasteiger partial charge in [-0.25, -0.2) is 9.97 Å². The Morgan fingerprint density at radius 3 is 2.59 bits per heavy atom. The van der Waals surface area contributed by atoms with E-state index in [1.807, 2.05) is 6.07 Å². The van der Waals surface area contributed by atoms with Gasteiger partial charge in [-0.3, -0.25) is 0 Å². The van der Waals surface area contributed by atoms with Crippen LogP contribution in [-0.4, -0.2) is 48.1 Å². The Hall–Kier alpha value is -1.36. The molecule has 0 bridgehead atoms. The first-order valence-electron chi connectivity index (χ1n) is 6.05. The van der Waals surface area contributed by atoms with Crippen LogP contribution in [-0.2, 0) is 0 Å². The molecule has 0 aliphatic rings. The molecule has 5 nitrogen and oxygen atoms in total. The molecule has 1 rings (SSSR count). The number of hydrogen-bond acceptors (Lipinski definition) is 5. The lowest BCUT2D eigenvalue weighted by Crippen LogP contribution is -2.17. The number of nitrogens with zero attached hydrogens (tertiary/aromatic N) is 3. The molecule has 96 valence electrons. The van der Waals surface area contributed by atoms with Crippen LogP contribution < -0.4 is 10.6 Å². The largest absolute Gasteiger partial charge is 0.370 e. The van der Waals surface area contributed by atoms with E-state index >= 15 is 0 Å². The van der Waals surface area contributed by atoms with E-state index in [9.17, 15) is 0 Å². The summed E-state index contributed by atoms with van der Waals surface area (Å²) in [6, 6.07) is 2.32. The lowest BCUT2D eigenvalue weighted by Gasteiger charge is -2.12. The van der Waals surface area contributed by atoms with E-state index < -0.39 is 0 Å². The molecule has 1 aromatic rings. The fraction of sp³-hybridized carbons (Fsp3) is 0.667. The third-order valence-electron chi connectivity index (χ3n) is 2.19. The summed E-state index contributed by atoms with van der Waals surface area (Å²) in [5, 5.41) is 6.55. The molecule has 0 aliphatic carbocycles. The number of rotatable bonds is 7. The Kier molecular flexibility index (Phi) is 5.69. The summed E-state index contributed by atoms with van der Waals surface area (Å²) in [6.45, 7) is 6.18. The highest BCUT2D eigenvalue weighted by atomic mass is 15.1. The fourth-order valence-corrected chi connectivity index (χ4v) is 1.44. The van der Waals surface area contributed by atoms with Gasteiger partial charge in [-0.15, -0.1) is 0 Å². The summed E-state index contributed by atoms with van der Waals surface area (Å²) >= 11 is 0. The van der Waals surface area contributed by atoms with Crippen LogP contribution in [0, 0.1) is 0 Å². The Balaban J connectivity index is 2.37. The summed E-state index contributed by atoms with van der Waals surface area (Å²) in [6.07, 6.45) is 2.68. The van der Waals surface area contributed by atoms with Crippen LogP contribution in [0.15, 0.2) is 12.4 Å². The Labute approximate surface area is 104 Å². The highest BCUT2D eigenvalue weighted by molar-refractivity contribution is 5.46. The highest BCUT2D eigenvalue weighted by Crippen LogP contribution is 2.09. The van der Waals surface area contributed by atoms with Gasteiger partial charge >= 0.3 is 0 Å². The standard InChI is InChI=1S/C12H23N5/c1-10(2)16-12-8-11(14-9-15-12)13-6-5-7-17(3)4/h8-10H,5-7H2,1-4H3,(H2,13,14,15,16). The van der Waals surface area contributed by atoms with Crippen molar-refractivity contribution < 1.29 is 0 Å². The average molecular weight is 237 g/mol. The van der Waals surface area contributed by atoms with Gasteiger partial charge in [-0.1, -0.05) is 0 Å². The third kappa shape index (κ3) is 6.06. The van der Waals surface area contributed by atoms with Crippen molar-refractivity contribution in [3.05, 3.63) is 12.4 Å². The van der Waals surface area contributed by atoms with Crippen molar-refractivity contribution in [1.82, 2.24) is 14.9 Å². The Bertz CT molecular complexity index is 324. The molecule has 0 spiro atoms. The zero-order chi connectivity index (χ0) is 12.7.